The predicted molar refractivity (Wildman–Crippen MR) is 154 cm³/mol. The van der Waals surface area contributed by atoms with Gasteiger partial charge in [-0.3, -0.25) is 0 Å². The fourth-order valence-electron chi connectivity index (χ4n) is 4.63. The van der Waals surface area contributed by atoms with Gasteiger partial charge in [-0.25, -0.2) is 8.70 Å². The molecule has 190 valence electrons. The van der Waals surface area contributed by atoms with Gasteiger partial charge >= 0.3 is 0 Å². The summed E-state index contributed by atoms with van der Waals surface area (Å²) in [5, 5.41) is 4.92. The van der Waals surface area contributed by atoms with Crippen LogP contribution in [0.1, 0.15) is 36.6 Å². The lowest BCUT2D eigenvalue weighted by Gasteiger charge is -2.41. The van der Waals surface area contributed by atoms with Crippen molar-refractivity contribution in [3.63, 3.8) is 0 Å². The molecule has 1 fully saturated rings. The van der Waals surface area contributed by atoms with Crippen LogP contribution in [0, 0.1) is 9.64 Å². The van der Waals surface area contributed by atoms with Crippen molar-refractivity contribution < 1.29 is 4.39 Å². The first-order valence-corrected chi connectivity index (χ1v) is 13.8. The highest BCUT2D eigenvalue weighted by Crippen LogP contribution is 2.42. The number of halogens is 3. The van der Waals surface area contributed by atoms with Crippen LogP contribution < -0.4 is 10.5 Å². The van der Waals surface area contributed by atoms with Crippen molar-refractivity contribution in [3.8, 4) is 0 Å². The van der Waals surface area contributed by atoms with Crippen LogP contribution in [0.15, 0.2) is 59.5 Å². The highest BCUT2D eigenvalue weighted by Gasteiger charge is 2.28. The van der Waals surface area contributed by atoms with E-state index in [0.717, 1.165) is 38.0 Å². The zero-order chi connectivity index (χ0) is 22.9. The van der Waals surface area contributed by atoms with Crippen molar-refractivity contribution in [1.82, 2.24) is 9.21 Å². The second kappa shape index (κ2) is 12.2. The van der Waals surface area contributed by atoms with E-state index in [9.17, 15) is 4.39 Å². The molecule has 0 amide bonds. The van der Waals surface area contributed by atoms with Crippen molar-refractivity contribution in [2.24, 2.45) is 0 Å². The van der Waals surface area contributed by atoms with E-state index >= 15 is 0 Å². The summed E-state index contributed by atoms with van der Waals surface area (Å²) in [6, 6.07) is 18.7. The summed E-state index contributed by atoms with van der Waals surface area (Å²) < 4.78 is 17.8. The van der Waals surface area contributed by atoms with Crippen LogP contribution in [-0.2, 0) is 6.42 Å². The lowest BCUT2D eigenvalue weighted by Crippen LogP contribution is -2.49. The molecule has 0 radical (unpaired) electrons. The summed E-state index contributed by atoms with van der Waals surface area (Å²) in [5.74, 6) is 0.389. The molecule has 8 heteroatoms. The van der Waals surface area contributed by atoms with Crippen LogP contribution in [-0.4, -0.2) is 41.9 Å². The Balaban J connectivity index is 0.00000171. The van der Waals surface area contributed by atoms with Crippen molar-refractivity contribution >= 4 is 58.7 Å². The Kier molecular flexibility index (Phi) is 9.83. The molecule has 0 spiro atoms. The molecular formula is C27H34Cl2FN3S2. The number of nitrogens with zero attached hydrogens (tertiary/aromatic N) is 2. The second-order valence-electron chi connectivity index (χ2n) is 9.31. The van der Waals surface area contributed by atoms with Crippen LogP contribution in [0.2, 0.25) is 0 Å². The Morgan fingerprint density at radius 1 is 1.09 bits per heavy atom. The highest BCUT2D eigenvalue weighted by molar-refractivity contribution is 8.08. The van der Waals surface area contributed by atoms with Gasteiger partial charge in [-0.05, 0) is 61.7 Å². The molecule has 1 saturated heterocycles. The molecule has 3 heterocycles. The molecule has 1 unspecified atom stereocenters. The number of likely N-dealkylation sites (N-methyl/N-ethyl adjacent to an activating group) is 1. The average molecular weight is 555 g/mol. The lowest BCUT2D eigenvalue weighted by molar-refractivity contribution is 0.146. The number of hydrogen-bond acceptors (Lipinski definition) is 4. The highest BCUT2D eigenvalue weighted by atomic mass is 35.5. The number of hydrogen-bond donors (Lipinski definition) is 1. The van der Waals surface area contributed by atoms with Gasteiger partial charge in [-0.2, -0.15) is 0 Å². The summed E-state index contributed by atoms with van der Waals surface area (Å²) in [7, 11) is 2.13. The number of para-hydroxylation sites is 1. The Labute approximate surface area is 226 Å². The minimum atomic E-state index is -0.141. The van der Waals surface area contributed by atoms with Crippen LogP contribution in [0.5, 0.6) is 0 Å². The maximum atomic E-state index is 13.7. The van der Waals surface area contributed by atoms with Gasteiger partial charge in [0.05, 0.1) is 9.51 Å². The smallest absolute Gasteiger partial charge is 0.123 e. The quantitative estimate of drug-likeness (QED) is 0.352. The van der Waals surface area contributed by atoms with Crippen molar-refractivity contribution in [2.75, 3.05) is 32.0 Å². The molecule has 0 aliphatic carbocycles. The number of piperazine rings is 1. The van der Waals surface area contributed by atoms with Crippen molar-refractivity contribution in [3.05, 3.63) is 79.9 Å². The Morgan fingerprint density at radius 3 is 2.66 bits per heavy atom. The number of thiophene rings is 1. The van der Waals surface area contributed by atoms with Gasteiger partial charge in [0.1, 0.15) is 5.82 Å². The number of anilines is 1. The molecule has 0 bridgehead atoms. The standard InChI is InChI=1S/C27H32FN3S2.2ClH/c1-19(2)25-16-21-17-29-24-9-4-5-10-26(24)33(27(21)32-25)31-14-13-30(3)23(18-31)12-11-20-7-6-8-22(28)15-20;;/h4-10,15-17,19,23,29H,11-14,18H2,1-3H3;2*1H/t23-,33?;;/m0../s1. The maximum Gasteiger partial charge on any atom is 0.123 e. The number of nitrogens with one attached hydrogen (secondary N) is 1. The largest absolute Gasteiger partial charge is 0.360 e. The van der Waals surface area contributed by atoms with E-state index in [1.54, 1.807) is 6.07 Å². The number of fused-ring (bicyclic) bond motifs is 2. The molecule has 2 aliphatic heterocycles. The molecule has 35 heavy (non-hydrogen) atoms. The van der Waals surface area contributed by atoms with Gasteiger partial charge in [0.2, 0.25) is 0 Å². The van der Waals surface area contributed by atoms with E-state index in [2.05, 4.69) is 71.9 Å². The normalized spacial score (nSPS) is 19.9. The van der Waals surface area contributed by atoms with E-state index in [4.69, 9.17) is 0 Å². The third kappa shape index (κ3) is 6.12. The molecule has 1 N–H and O–H groups in total. The fraction of sp³-hybridized carbons (Fsp3) is 0.370. The van der Waals surface area contributed by atoms with E-state index in [0.29, 0.717) is 12.0 Å². The molecular weight excluding hydrogens is 520 g/mol. The number of aryl methyl sites for hydroxylation is 1. The van der Waals surface area contributed by atoms with Crippen LogP contribution in [0.25, 0.3) is 6.20 Å². The van der Waals surface area contributed by atoms with Crippen LogP contribution >= 0.6 is 46.8 Å². The van der Waals surface area contributed by atoms with Gasteiger partial charge in [0.25, 0.3) is 0 Å². The van der Waals surface area contributed by atoms with Gasteiger partial charge < -0.3 is 10.2 Å². The molecule has 1 aromatic heterocycles. The molecule has 5 rings (SSSR count). The average Bonchev–Trinajstić information content (AvgIpc) is 3.16. The van der Waals surface area contributed by atoms with E-state index < -0.39 is 0 Å². The summed E-state index contributed by atoms with van der Waals surface area (Å²) >= 11 is 1.98. The van der Waals surface area contributed by atoms with Crippen molar-refractivity contribution in [2.45, 2.75) is 43.5 Å². The minimum Gasteiger partial charge on any atom is -0.360 e. The second-order valence-corrected chi connectivity index (χ2v) is 12.6. The first kappa shape index (κ1) is 28.2. The Morgan fingerprint density at radius 2 is 1.89 bits per heavy atom. The SMILES string of the molecule is CC(C)c1cc2c(s1)=S(N1CCN(C)[C@@H](CCc3cccc(F)c3)C1)c1ccccc1NC=2.Cl.Cl. The zero-order valence-corrected chi connectivity index (χ0v) is 23.6. The van der Waals surface area contributed by atoms with Crippen LogP contribution in [0.4, 0.5) is 10.1 Å². The zero-order valence-electron chi connectivity index (χ0n) is 20.4. The van der Waals surface area contributed by atoms with Gasteiger partial charge in [-0.1, -0.05) is 48.8 Å². The van der Waals surface area contributed by atoms with E-state index in [1.165, 1.54) is 30.6 Å². The first-order chi connectivity index (χ1) is 16.0. The van der Waals surface area contributed by atoms with E-state index in [1.807, 2.05) is 23.5 Å². The maximum absolute atomic E-state index is 13.7. The summed E-state index contributed by atoms with van der Waals surface area (Å²) in [5.41, 5.74) is 2.30. The number of rotatable bonds is 5. The monoisotopic (exact) mass is 553 g/mol. The molecule has 3 aromatic rings. The summed E-state index contributed by atoms with van der Waals surface area (Å²) in [4.78, 5) is 5.33. The van der Waals surface area contributed by atoms with Gasteiger partial charge in [0, 0.05) is 46.9 Å². The fourth-order valence-corrected chi connectivity index (χ4v) is 8.87. The Hall–Kier alpha value is -1.41. The van der Waals surface area contributed by atoms with E-state index in [-0.39, 0.29) is 41.3 Å². The van der Waals surface area contributed by atoms with Crippen molar-refractivity contribution in [1.29, 1.82) is 0 Å². The minimum absolute atomic E-state index is 0. The number of benzene rings is 2. The van der Waals surface area contributed by atoms with Gasteiger partial charge in [-0.15, -0.1) is 36.2 Å². The predicted octanol–water partition coefficient (Wildman–Crippen LogP) is 6.76. The van der Waals surface area contributed by atoms with Crippen LogP contribution in [0.3, 0.4) is 0 Å². The molecule has 2 aliphatic rings. The first-order valence-electron chi connectivity index (χ1n) is 11.8. The molecule has 2 atom stereocenters. The summed E-state index contributed by atoms with van der Waals surface area (Å²) in [6.07, 6.45) is 4.14. The van der Waals surface area contributed by atoms with Gasteiger partial charge in [0.15, 0.2) is 0 Å². The summed E-state index contributed by atoms with van der Waals surface area (Å²) in [6.45, 7) is 7.69. The molecule has 3 nitrogen and oxygen atoms in total. The topological polar surface area (TPSA) is 18.5 Å². The third-order valence-electron chi connectivity index (χ3n) is 6.62. The molecule has 0 saturated carbocycles. The lowest BCUT2D eigenvalue weighted by atomic mass is 10.0. The third-order valence-corrected chi connectivity index (χ3v) is 10.8. The molecule has 2 aromatic carbocycles. The Bertz CT molecular complexity index is 1280.